The van der Waals surface area contributed by atoms with E-state index in [1.54, 1.807) is 49.4 Å². The number of hydrogen-bond acceptors (Lipinski definition) is 10. The van der Waals surface area contributed by atoms with E-state index in [9.17, 15) is 14.4 Å². The molecule has 0 fully saturated rings. The zero-order valence-electron chi connectivity index (χ0n) is 21.7. The van der Waals surface area contributed by atoms with E-state index in [1.807, 2.05) is 0 Å². The Kier molecular flexibility index (Phi) is 7.67. The van der Waals surface area contributed by atoms with Crippen LogP contribution in [0.15, 0.2) is 57.5 Å². The molecule has 3 aromatic rings. The lowest BCUT2D eigenvalue weighted by molar-refractivity contribution is -0.136. The number of methoxy groups -OCH3 is 4. The van der Waals surface area contributed by atoms with Crippen LogP contribution in [0, 0.1) is 0 Å². The summed E-state index contributed by atoms with van der Waals surface area (Å²) in [5.74, 6) is 0.502. The molecule has 2 aromatic carbocycles. The zero-order valence-corrected chi connectivity index (χ0v) is 22.5. The highest BCUT2D eigenvalue weighted by atomic mass is 32.1. The maximum Gasteiger partial charge on any atom is 0.338 e. The molecule has 0 bridgehead atoms. The number of thiazole rings is 1. The molecule has 1 aromatic heterocycles. The van der Waals surface area contributed by atoms with Crippen LogP contribution < -0.4 is 33.8 Å². The third-order valence-electron chi connectivity index (χ3n) is 5.89. The number of carbonyl (C=O) groups excluding carboxylic acids is 2. The number of fused-ring (bicyclic) bond motifs is 1. The first-order chi connectivity index (χ1) is 18.2. The number of nitrogens with zero attached hydrogens (tertiary/aromatic N) is 2. The highest BCUT2D eigenvalue weighted by molar-refractivity contribution is 7.07. The Balaban J connectivity index is 1.92. The lowest BCUT2D eigenvalue weighted by Crippen LogP contribution is -2.39. The summed E-state index contributed by atoms with van der Waals surface area (Å²) in [6, 6.07) is 9.36. The summed E-state index contributed by atoms with van der Waals surface area (Å²) < 4.78 is 28.2. The molecular weight excluding hydrogens is 512 g/mol. The smallest absolute Gasteiger partial charge is 0.338 e. The molecule has 1 unspecified atom stereocenters. The number of benzene rings is 2. The van der Waals surface area contributed by atoms with Gasteiger partial charge in [-0.15, -0.1) is 0 Å². The molecule has 0 N–H and O–H groups in total. The monoisotopic (exact) mass is 538 g/mol. The van der Waals surface area contributed by atoms with E-state index in [1.165, 1.54) is 51.3 Å². The molecule has 1 atom stereocenters. The Morgan fingerprint density at radius 2 is 1.61 bits per heavy atom. The van der Waals surface area contributed by atoms with Crippen LogP contribution in [0.4, 0.5) is 0 Å². The predicted octanol–water partition coefficient (Wildman–Crippen LogP) is 2.36. The number of rotatable bonds is 7. The fourth-order valence-corrected chi connectivity index (χ4v) is 5.24. The Morgan fingerprint density at radius 3 is 2.24 bits per heavy atom. The van der Waals surface area contributed by atoms with Crippen molar-refractivity contribution in [1.29, 1.82) is 0 Å². The second kappa shape index (κ2) is 10.9. The molecule has 0 radical (unpaired) electrons. The van der Waals surface area contributed by atoms with E-state index in [-0.39, 0.29) is 16.9 Å². The molecule has 0 saturated carbocycles. The molecule has 1 aliphatic heterocycles. The van der Waals surface area contributed by atoms with Gasteiger partial charge >= 0.3 is 11.9 Å². The van der Waals surface area contributed by atoms with Gasteiger partial charge in [-0.1, -0.05) is 23.5 Å². The van der Waals surface area contributed by atoms with Gasteiger partial charge in [0.05, 0.1) is 50.3 Å². The molecule has 198 valence electrons. The predicted molar refractivity (Wildman–Crippen MR) is 140 cm³/mol. The molecule has 11 heteroatoms. The van der Waals surface area contributed by atoms with Crippen molar-refractivity contribution < 1.29 is 33.3 Å². The molecule has 0 aliphatic carbocycles. The average molecular weight is 539 g/mol. The number of aromatic nitrogens is 1. The number of carbonyl (C=O) groups is 2. The van der Waals surface area contributed by atoms with E-state index in [0.29, 0.717) is 43.4 Å². The SMILES string of the molecule is COC(=O)C1=C(C)N=c2sc(=Cc3ccc(OC(C)=O)c(OC)c3)c(=O)n2C1c1ccc(OC)c(OC)c1. The summed E-state index contributed by atoms with van der Waals surface area (Å²) in [6.07, 6.45) is 1.69. The van der Waals surface area contributed by atoms with Crippen molar-refractivity contribution in [3.8, 4) is 23.0 Å². The fourth-order valence-electron chi connectivity index (χ4n) is 4.20. The van der Waals surface area contributed by atoms with Gasteiger partial charge in [0, 0.05) is 6.92 Å². The van der Waals surface area contributed by atoms with Crippen molar-refractivity contribution in [3.63, 3.8) is 0 Å². The molecule has 2 heterocycles. The van der Waals surface area contributed by atoms with Crippen molar-refractivity contribution in [2.24, 2.45) is 4.99 Å². The highest BCUT2D eigenvalue weighted by Gasteiger charge is 2.33. The topological polar surface area (TPSA) is 115 Å². The number of hydrogen-bond donors (Lipinski definition) is 0. The molecule has 10 nitrogen and oxygen atoms in total. The third kappa shape index (κ3) is 4.92. The van der Waals surface area contributed by atoms with Gasteiger partial charge in [-0.3, -0.25) is 14.2 Å². The summed E-state index contributed by atoms with van der Waals surface area (Å²) in [4.78, 5) is 43.0. The highest BCUT2D eigenvalue weighted by Crippen LogP contribution is 2.36. The largest absolute Gasteiger partial charge is 0.493 e. The summed E-state index contributed by atoms with van der Waals surface area (Å²) >= 11 is 1.19. The zero-order chi connectivity index (χ0) is 27.6. The molecule has 4 rings (SSSR count). The first kappa shape index (κ1) is 26.7. The van der Waals surface area contributed by atoms with E-state index in [2.05, 4.69) is 4.99 Å². The first-order valence-corrected chi connectivity index (χ1v) is 12.2. The van der Waals surface area contributed by atoms with Crippen LogP contribution in [0.1, 0.15) is 31.0 Å². The molecule has 0 spiro atoms. The van der Waals surface area contributed by atoms with Crippen molar-refractivity contribution in [2.75, 3.05) is 28.4 Å². The van der Waals surface area contributed by atoms with Gasteiger partial charge in [0.25, 0.3) is 5.56 Å². The van der Waals surface area contributed by atoms with Crippen molar-refractivity contribution >= 4 is 29.4 Å². The summed E-state index contributed by atoms with van der Waals surface area (Å²) in [5.41, 5.74) is 1.61. The summed E-state index contributed by atoms with van der Waals surface area (Å²) in [5, 5.41) is 0. The minimum atomic E-state index is -0.804. The van der Waals surface area contributed by atoms with Gasteiger partial charge in [0.15, 0.2) is 27.8 Å². The second-order valence-corrected chi connectivity index (χ2v) is 9.20. The van der Waals surface area contributed by atoms with E-state index >= 15 is 0 Å². The number of esters is 2. The fraction of sp³-hybridized carbons (Fsp3) is 0.259. The molecule has 1 aliphatic rings. The minimum absolute atomic E-state index is 0.242. The summed E-state index contributed by atoms with van der Waals surface area (Å²) in [7, 11) is 5.78. The van der Waals surface area contributed by atoms with Crippen LogP contribution in [-0.4, -0.2) is 44.9 Å². The maximum absolute atomic E-state index is 13.8. The van der Waals surface area contributed by atoms with Crippen LogP contribution in [0.2, 0.25) is 0 Å². The van der Waals surface area contributed by atoms with Gasteiger partial charge < -0.3 is 23.7 Å². The van der Waals surface area contributed by atoms with Gasteiger partial charge in [-0.2, -0.15) is 0 Å². The number of allylic oxidation sites excluding steroid dienone is 1. The number of ether oxygens (including phenoxy) is 5. The van der Waals surface area contributed by atoms with Gasteiger partial charge in [-0.25, -0.2) is 9.79 Å². The van der Waals surface area contributed by atoms with Crippen molar-refractivity contribution in [2.45, 2.75) is 19.9 Å². The van der Waals surface area contributed by atoms with Crippen LogP contribution >= 0.6 is 11.3 Å². The van der Waals surface area contributed by atoms with Crippen molar-refractivity contribution in [1.82, 2.24) is 4.57 Å². The van der Waals surface area contributed by atoms with Gasteiger partial charge in [-0.05, 0) is 48.4 Å². The standard InChI is InChI=1S/C27H26N2O8S/c1-14-23(26(32)36-6)24(17-8-10-18(33-3)21(13-17)35-5)29-25(31)22(38-27(29)28-14)12-16-7-9-19(37-15(2)30)20(11-16)34-4/h7-13,24H,1-6H3. The normalized spacial score (nSPS) is 14.9. The van der Waals surface area contributed by atoms with Gasteiger partial charge in [0.2, 0.25) is 0 Å². The Bertz CT molecular complexity index is 1630. The lowest BCUT2D eigenvalue weighted by Gasteiger charge is -2.25. The molecular formula is C27H26N2O8S. The minimum Gasteiger partial charge on any atom is -0.493 e. The van der Waals surface area contributed by atoms with Crippen LogP contribution in [0.25, 0.3) is 6.08 Å². The Morgan fingerprint density at radius 1 is 0.947 bits per heavy atom. The maximum atomic E-state index is 13.8. The Hall–Kier alpha value is -4.38. The van der Waals surface area contributed by atoms with Crippen molar-refractivity contribution in [3.05, 3.63) is 78.5 Å². The molecule has 38 heavy (non-hydrogen) atoms. The van der Waals surface area contributed by atoms with Crippen LogP contribution in [0.5, 0.6) is 23.0 Å². The van der Waals surface area contributed by atoms with Crippen LogP contribution in [0.3, 0.4) is 0 Å². The summed E-state index contributed by atoms with van der Waals surface area (Å²) in [6.45, 7) is 3.00. The van der Waals surface area contributed by atoms with E-state index in [4.69, 9.17) is 23.7 Å². The average Bonchev–Trinajstić information content (AvgIpc) is 3.21. The third-order valence-corrected chi connectivity index (χ3v) is 6.87. The van der Waals surface area contributed by atoms with E-state index < -0.39 is 18.0 Å². The molecule has 0 amide bonds. The van der Waals surface area contributed by atoms with E-state index in [0.717, 1.165) is 0 Å². The first-order valence-electron chi connectivity index (χ1n) is 11.4. The van der Waals surface area contributed by atoms with Crippen LogP contribution in [-0.2, 0) is 14.3 Å². The Labute approximate surface area is 222 Å². The van der Waals surface area contributed by atoms with Gasteiger partial charge in [0.1, 0.15) is 0 Å². The second-order valence-electron chi connectivity index (χ2n) is 8.19. The quantitative estimate of drug-likeness (QED) is 0.333. The lowest BCUT2D eigenvalue weighted by atomic mass is 9.95. The molecule has 0 saturated heterocycles.